The fourth-order valence-electron chi connectivity index (χ4n) is 1.69. The van der Waals surface area contributed by atoms with Crippen LogP contribution in [0.2, 0.25) is 15.1 Å². The Labute approximate surface area is 125 Å². The van der Waals surface area contributed by atoms with Gasteiger partial charge in [0.05, 0.1) is 33.0 Å². The van der Waals surface area contributed by atoms with Crippen molar-refractivity contribution in [3.8, 4) is 0 Å². The van der Waals surface area contributed by atoms with Gasteiger partial charge in [-0.25, -0.2) is 4.98 Å². The first-order chi connectivity index (χ1) is 8.49. The van der Waals surface area contributed by atoms with Crippen molar-refractivity contribution >= 4 is 51.8 Å². The van der Waals surface area contributed by atoms with Gasteiger partial charge in [-0.3, -0.25) is 0 Å². The third-order valence-electron chi connectivity index (χ3n) is 2.54. The highest BCUT2D eigenvalue weighted by atomic mass is 35.5. The molecule has 1 atom stereocenters. The van der Waals surface area contributed by atoms with Crippen LogP contribution in [-0.4, -0.2) is 4.98 Å². The normalized spacial score (nSPS) is 12.5. The molecule has 0 bridgehead atoms. The number of aromatic nitrogens is 1. The number of anilines is 1. The standard InChI is InChI=1S/C12H11Cl3N2S/c1-6-12(18-5-16-6)7(2)17-11-9(14)3-8(13)4-10(11)15/h3-5,7,17H,1-2H3. The SMILES string of the molecule is Cc1ncsc1C(C)Nc1c(Cl)cc(Cl)cc1Cl. The van der Waals surface area contributed by atoms with Crippen LogP contribution in [0.25, 0.3) is 0 Å². The predicted octanol–water partition coefficient (Wildman–Crippen LogP) is 5.58. The molecule has 2 nitrogen and oxygen atoms in total. The molecule has 1 N–H and O–H groups in total. The van der Waals surface area contributed by atoms with Gasteiger partial charge in [-0.2, -0.15) is 0 Å². The molecule has 0 spiro atoms. The molecule has 0 aliphatic rings. The lowest BCUT2D eigenvalue weighted by molar-refractivity contribution is 0.890. The van der Waals surface area contributed by atoms with Crippen molar-refractivity contribution in [2.45, 2.75) is 19.9 Å². The average Bonchev–Trinajstić information content (AvgIpc) is 2.69. The molecular formula is C12H11Cl3N2S. The third-order valence-corrected chi connectivity index (χ3v) is 4.47. The molecule has 0 amide bonds. The van der Waals surface area contributed by atoms with Gasteiger partial charge in [0.15, 0.2) is 0 Å². The molecule has 2 aromatic rings. The molecule has 0 saturated carbocycles. The number of hydrogen-bond donors (Lipinski definition) is 1. The van der Waals surface area contributed by atoms with Crippen molar-refractivity contribution in [2.24, 2.45) is 0 Å². The predicted molar refractivity (Wildman–Crippen MR) is 80.4 cm³/mol. The highest BCUT2D eigenvalue weighted by Crippen LogP contribution is 2.36. The molecular weight excluding hydrogens is 311 g/mol. The van der Waals surface area contributed by atoms with Crippen molar-refractivity contribution in [1.82, 2.24) is 4.98 Å². The number of benzene rings is 1. The topological polar surface area (TPSA) is 24.9 Å². The molecule has 1 heterocycles. The average molecular weight is 322 g/mol. The van der Waals surface area contributed by atoms with Crippen LogP contribution >= 0.6 is 46.1 Å². The van der Waals surface area contributed by atoms with E-state index in [2.05, 4.69) is 10.3 Å². The number of aryl methyl sites for hydroxylation is 1. The number of nitrogens with zero attached hydrogens (tertiary/aromatic N) is 1. The van der Waals surface area contributed by atoms with E-state index in [-0.39, 0.29) is 6.04 Å². The van der Waals surface area contributed by atoms with Gasteiger partial charge in [-0.1, -0.05) is 34.8 Å². The van der Waals surface area contributed by atoms with Crippen LogP contribution in [0, 0.1) is 6.92 Å². The summed E-state index contributed by atoms with van der Waals surface area (Å²) in [5.74, 6) is 0. The molecule has 0 radical (unpaired) electrons. The lowest BCUT2D eigenvalue weighted by Crippen LogP contribution is -2.07. The summed E-state index contributed by atoms with van der Waals surface area (Å²) in [6.45, 7) is 4.02. The highest BCUT2D eigenvalue weighted by molar-refractivity contribution is 7.09. The first-order valence-electron chi connectivity index (χ1n) is 5.30. The molecule has 2 rings (SSSR count). The maximum atomic E-state index is 6.14. The largest absolute Gasteiger partial charge is 0.375 e. The first kappa shape index (κ1) is 13.9. The van der Waals surface area contributed by atoms with Crippen LogP contribution in [-0.2, 0) is 0 Å². The minimum absolute atomic E-state index is 0.0914. The smallest absolute Gasteiger partial charge is 0.0798 e. The van der Waals surface area contributed by atoms with Gasteiger partial charge in [0.2, 0.25) is 0 Å². The molecule has 18 heavy (non-hydrogen) atoms. The molecule has 96 valence electrons. The molecule has 0 fully saturated rings. The van der Waals surface area contributed by atoms with Crippen molar-refractivity contribution in [1.29, 1.82) is 0 Å². The van der Waals surface area contributed by atoms with Gasteiger partial charge >= 0.3 is 0 Å². The van der Waals surface area contributed by atoms with Gasteiger partial charge in [-0.05, 0) is 26.0 Å². The van der Waals surface area contributed by atoms with Crippen LogP contribution in [0.4, 0.5) is 5.69 Å². The van der Waals surface area contributed by atoms with Gasteiger partial charge in [-0.15, -0.1) is 11.3 Å². The molecule has 6 heteroatoms. The van der Waals surface area contributed by atoms with E-state index in [1.54, 1.807) is 23.5 Å². The third kappa shape index (κ3) is 2.91. The summed E-state index contributed by atoms with van der Waals surface area (Å²) < 4.78 is 0. The summed E-state index contributed by atoms with van der Waals surface area (Å²) in [6, 6.07) is 3.43. The summed E-state index contributed by atoms with van der Waals surface area (Å²) in [7, 11) is 0. The Bertz CT molecular complexity index is 545. The first-order valence-corrected chi connectivity index (χ1v) is 7.31. The quantitative estimate of drug-likeness (QED) is 0.797. The Balaban J connectivity index is 2.27. The van der Waals surface area contributed by atoms with Crippen molar-refractivity contribution in [3.63, 3.8) is 0 Å². The number of hydrogen-bond acceptors (Lipinski definition) is 3. The summed E-state index contributed by atoms with van der Waals surface area (Å²) in [5, 5.41) is 4.85. The molecule has 1 aromatic carbocycles. The number of nitrogens with one attached hydrogen (secondary N) is 1. The van der Waals surface area contributed by atoms with Crippen LogP contribution in [0.5, 0.6) is 0 Å². The van der Waals surface area contributed by atoms with E-state index in [0.29, 0.717) is 20.8 Å². The van der Waals surface area contributed by atoms with E-state index in [1.165, 1.54) is 0 Å². The van der Waals surface area contributed by atoms with E-state index >= 15 is 0 Å². The minimum atomic E-state index is 0.0914. The molecule has 1 unspecified atom stereocenters. The fraction of sp³-hybridized carbons (Fsp3) is 0.250. The summed E-state index contributed by atoms with van der Waals surface area (Å²) in [4.78, 5) is 5.39. The zero-order valence-corrected chi connectivity index (χ0v) is 12.9. The Morgan fingerprint density at radius 2 is 1.83 bits per heavy atom. The van der Waals surface area contributed by atoms with Crippen LogP contribution in [0.15, 0.2) is 17.6 Å². The van der Waals surface area contributed by atoms with E-state index in [0.717, 1.165) is 10.6 Å². The van der Waals surface area contributed by atoms with Gasteiger partial charge in [0, 0.05) is 9.90 Å². The Morgan fingerprint density at radius 3 is 2.33 bits per heavy atom. The van der Waals surface area contributed by atoms with Crippen molar-refractivity contribution < 1.29 is 0 Å². The van der Waals surface area contributed by atoms with Crippen molar-refractivity contribution in [2.75, 3.05) is 5.32 Å². The van der Waals surface area contributed by atoms with Crippen LogP contribution in [0.3, 0.4) is 0 Å². The van der Waals surface area contributed by atoms with E-state index in [1.807, 2.05) is 19.4 Å². The van der Waals surface area contributed by atoms with E-state index in [4.69, 9.17) is 34.8 Å². The second kappa shape index (κ2) is 5.66. The Morgan fingerprint density at radius 1 is 1.22 bits per heavy atom. The molecule has 0 aliphatic heterocycles. The summed E-state index contributed by atoms with van der Waals surface area (Å²) in [5.41, 5.74) is 3.54. The summed E-state index contributed by atoms with van der Waals surface area (Å²) in [6.07, 6.45) is 0. The highest BCUT2D eigenvalue weighted by Gasteiger charge is 2.15. The maximum absolute atomic E-state index is 6.14. The maximum Gasteiger partial charge on any atom is 0.0798 e. The fourth-order valence-corrected chi connectivity index (χ4v) is 3.43. The lowest BCUT2D eigenvalue weighted by atomic mass is 10.2. The minimum Gasteiger partial charge on any atom is -0.375 e. The molecule has 0 aliphatic carbocycles. The van der Waals surface area contributed by atoms with E-state index < -0.39 is 0 Å². The van der Waals surface area contributed by atoms with Gasteiger partial charge in [0.25, 0.3) is 0 Å². The second-order valence-corrected chi connectivity index (χ2v) is 6.05. The Kier molecular flexibility index (Phi) is 4.38. The monoisotopic (exact) mass is 320 g/mol. The lowest BCUT2D eigenvalue weighted by Gasteiger charge is -2.17. The van der Waals surface area contributed by atoms with Crippen LogP contribution < -0.4 is 5.32 Å². The molecule has 0 saturated heterocycles. The van der Waals surface area contributed by atoms with Gasteiger partial charge in [0.1, 0.15) is 0 Å². The zero-order chi connectivity index (χ0) is 13.3. The Hall–Kier alpha value is -0.480. The number of thiazole rings is 1. The number of halogens is 3. The molecule has 1 aromatic heterocycles. The second-order valence-electron chi connectivity index (χ2n) is 3.91. The zero-order valence-electron chi connectivity index (χ0n) is 9.80. The van der Waals surface area contributed by atoms with Gasteiger partial charge < -0.3 is 5.32 Å². The van der Waals surface area contributed by atoms with Crippen LogP contribution in [0.1, 0.15) is 23.5 Å². The number of rotatable bonds is 3. The van der Waals surface area contributed by atoms with E-state index in [9.17, 15) is 0 Å². The van der Waals surface area contributed by atoms with Crippen molar-refractivity contribution in [3.05, 3.63) is 43.3 Å². The summed E-state index contributed by atoms with van der Waals surface area (Å²) >= 11 is 19.8.